The molecule has 8 aromatic rings. The topological polar surface area (TPSA) is 56.7 Å². The molecule has 8 rings (SSSR count). The number of rotatable bonds is 7. The first-order chi connectivity index (χ1) is 27.4. The summed E-state index contributed by atoms with van der Waals surface area (Å²) in [5.41, 5.74) is 16.0. The van der Waals surface area contributed by atoms with Crippen molar-refractivity contribution in [3.05, 3.63) is 136 Å². The number of aromatic nitrogens is 4. The van der Waals surface area contributed by atoms with Crippen LogP contribution in [0.3, 0.4) is 0 Å². The third kappa shape index (κ3) is 8.94. The van der Waals surface area contributed by atoms with Gasteiger partial charge in [0.1, 0.15) is 0 Å². The molecule has 0 aliphatic carbocycles. The van der Waals surface area contributed by atoms with Crippen LogP contribution in [0.4, 0.5) is 0 Å². The largest absolute Gasteiger partial charge is 0.486 e. The minimum atomic E-state index is -1.35. The van der Waals surface area contributed by atoms with Gasteiger partial charge in [0.25, 0.3) is 0 Å². The third-order valence-electron chi connectivity index (χ3n) is 11.3. The van der Waals surface area contributed by atoms with Gasteiger partial charge in [-0.05, 0) is 91.9 Å². The van der Waals surface area contributed by atoms with Gasteiger partial charge in [-0.25, -0.2) is 4.98 Å². The molecule has 307 valence electrons. The molecule has 4 heterocycles. The molecule has 1 atom stereocenters. The van der Waals surface area contributed by atoms with E-state index in [0.29, 0.717) is 5.71 Å². The number of aryl methyl sites for hydroxylation is 5. The Bertz CT molecular complexity index is 2760. The maximum Gasteiger partial charge on any atom is 0.216 e. The minimum Gasteiger partial charge on any atom is -0.486 e. The smallest absolute Gasteiger partial charge is 0.216 e. The van der Waals surface area contributed by atoms with Gasteiger partial charge in [0.2, 0.25) is 5.71 Å². The van der Waals surface area contributed by atoms with Crippen molar-refractivity contribution in [3.63, 3.8) is 0 Å². The summed E-state index contributed by atoms with van der Waals surface area (Å²) in [5.74, 6) is 1.55. The molecular formula is C52H58IrN4OSi-2. The van der Waals surface area contributed by atoms with E-state index in [1.54, 1.807) is 0 Å². The second-order valence-corrected chi connectivity index (χ2v) is 23.5. The molecule has 4 aromatic carbocycles. The zero-order chi connectivity index (χ0) is 41.7. The van der Waals surface area contributed by atoms with Crippen molar-refractivity contribution in [2.24, 2.45) is 5.92 Å². The fourth-order valence-electron chi connectivity index (χ4n) is 8.11. The summed E-state index contributed by atoms with van der Waals surface area (Å²) in [6.07, 6.45) is 4.50. The van der Waals surface area contributed by atoms with E-state index in [1.165, 1.54) is 39.4 Å². The van der Waals surface area contributed by atoms with Crippen molar-refractivity contribution < 1.29 is 24.5 Å². The Morgan fingerprint density at radius 3 is 2.20 bits per heavy atom. The van der Waals surface area contributed by atoms with Gasteiger partial charge in [-0.15, -0.1) is 53.6 Å². The van der Waals surface area contributed by atoms with Crippen molar-refractivity contribution in [1.82, 2.24) is 19.5 Å². The van der Waals surface area contributed by atoms with E-state index in [2.05, 4.69) is 166 Å². The first-order valence-electron chi connectivity index (χ1n) is 20.7. The van der Waals surface area contributed by atoms with Crippen LogP contribution in [0, 0.1) is 52.7 Å². The number of nitrogens with zero attached hydrogens (tertiary/aromatic N) is 4. The number of furan rings is 1. The number of pyridine rings is 2. The molecule has 1 radical (unpaired) electrons. The summed E-state index contributed by atoms with van der Waals surface area (Å²) >= 11 is 0. The van der Waals surface area contributed by atoms with E-state index in [9.17, 15) is 0 Å². The average molecular weight is 975 g/mol. The van der Waals surface area contributed by atoms with Crippen LogP contribution in [0.25, 0.3) is 61.4 Å². The summed E-state index contributed by atoms with van der Waals surface area (Å²) in [5, 5.41) is 3.60. The molecule has 4 aromatic heterocycles. The maximum atomic E-state index is 6.55. The molecule has 5 nitrogen and oxygen atoms in total. The number of fused-ring (bicyclic) bond motifs is 4. The molecule has 0 saturated heterocycles. The molecule has 0 spiro atoms. The molecule has 0 N–H and O–H groups in total. The molecule has 0 amide bonds. The van der Waals surface area contributed by atoms with Crippen LogP contribution in [0.1, 0.15) is 80.1 Å². The second kappa shape index (κ2) is 17.1. The number of hydrogen-bond acceptors (Lipinski definition) is 4. The van der Waals surface area contributed by atoms with Crippen LogP contribution in [0.5, 0.6) is 0 Å². The average Bonchev–Trinajstić information content (AvgIpc) is 3.73. The maximum absolute atomic E-state index is 6.55. The fraction of sp³-hybridized carbons (Fsp3) is 0.327. The molecule has 59 heavy (non-hydrogen) atoms. The Balaban J connectivity index is 0.000000227. The molecule has 1 unspecified atom stereocenters. The molecule has 7 heteroatoms. The van der Waals surface area contributed by atoms with Gasteiger partial charge >= 0.3 is 0 Å². The van der Waals surface area contributed by atoms with E-state index in [4.69, 9.17) is 19.4 Å². The van der Waals surface area contributed by atoms with Crippen molar-refractivity contribution in [1.29, 1.82) is 0 Å². The van der Waals surface area contributed by atoms with Gasteiger partial charge in [0, 0.05) is 48.5 Å². The number of imidazole rings is 1. The zero-order valence-electron chi connectivity index (χ0n) is 37.1. The number of hydrogen-bond donors (Lipinski definition) is 0. The van der Waals surface area contributed by atoms with Crippen LogP contribution >= 0.6 is 0 Å². The van der Waals surface area contributed by atoms with E-state index < -0.39 is 8.07 Å². The first-order valence-corrected chi connectivity index (χ1v) is 24.2. The van der Waals surface area contributed by atoms with Crippen molar-refractivity contribution in [3.8, 4) is 28.3 Å². The Morgan fingerprint density at radius 1 is 0.831 bits per heavy atom. The van der Waals surface area contributed by atoms with Crippen LogP contribution in [0.15, 0.2) is 89.5 Å². The van der Waals surface area contributed by atoms with E-state index >= 15 is 0 Å². The Labute approximate surface area is 366 Å². The Kier molecular flexibility index (Phi) is 12.7. The summed E-state index contributed by atoms with van der Waals surface area (Å²) in [7, 11) is -1.35. The molecule has 0 aliphatic rings. The first kappa shape index (κ1) is 43.9. The normalized spacial score (nSPS) is 12.4. The summed E-state index contributed by atoms with van der Waals surface area (Å²) in [4.78, 5) is 14.8. The quantitative estimate of drug-likeness (QED) is 0.118. The minimum absolute atomic E-state index is 0. The van der Waals surface area contributed by atoms with Crippen LogP contribution in [-0.2, 0) is 31.9 Å². The van der Waals surface area contributed by atoms with Gasteiger partial charge in [0.15, 0.2) is 0 Å². The van der Waals surface area contributed by atoms with Crippen molar-refractivity contribution in [2.75, 3.05) is 0 Å². The summed E-state index contributed by atoms with van der Waals surface area (Å²) < 4.78 is 8.84. The zero-order valence-corrected chi connectivity index (χ0v) is 40.5. The van der Waals surface area contributed by atoms with Gasteiger partial charge in [-0.2, -0.15) is 0 Å². The SMILES string of the molecule is CCC(C)Cc1cc(-c2[c-]cccc2)ncc1[Si](C)(C)C.Cc1cc(C)c(-n2c(-c3[c-]cc(C)c4c3oc3nc(C(C)(C)C)ccc34)nc3ccc(C)cc32)c(C)c1.[Ir]. The standard InChI is InChI=1S/C33H32N3O.C19H26NSi.Ir/c1-18-9-13-25-26(17-18)36(29-21(4)15-19(2)16-22(29)5)31(34-25)24-11-10-20(3)28-23-12-14-27(33(6,7)8)35-32(23)37-30(24)28;1-6-15(2)12-17-13-18(16-10-8-7-9-11-16)20-14-19(17)21(3,4)5;/h9-10,12-17H,1-8H3;7-10,13-15H,6,12H2,1-5H3;/q2*-1;. The van der Waals surface area contributed by atoms with E-state index in [-0.39, 0.29) is 25.5 Å². The Hall–Kier alpha value is -4.68. The monoisotopic (exact) mass is 975 g/mol. The van der Waals surface area contributed by atoms with Gasteiger partial charge < -0.3 is 14.0 Å². The van der Waals surface area contributed by atoms with Crippen LogP contribution in [0.2, 0.25) is 19.6 Å². The molecule has 0 aliphatic heterocycles. The Morgan fingerprint density at radius 2 is 1.56 bits per heavy atom. The third-order valence-corrected chi connectivity index (χ3v) is 13.4. The summed E-state index contributed by atoms with van der Waals surface area (Å²) in [6, 6.07) is 34.4. The molecular weight excluding hydrogens is 917 g/mol. The molecule has 0 fully saturated rings. The van der Waals surface area contributed by atoms with E-state index in [0.717, 1.165) is 79.3 Å². The van der Waals surface area contributed by atoms with Crippen LogP contribution < -0.4 is 5.19 Å². The molecule has 0 bridgehead atoms. The summed E-state index contributed by atoms with van der Waals surface area (Å²) in [6.45, 7) is 29.0. The number of benzene rings is 4. The predicted octanol–water partition coefficient (Wildman–Crippen LogP) is 13.3. The van der Waals surface area contributed by atoms with Gasteiger partial charge in [-0.3, -0.25) is 4.98 Å². The van der Waals surface area contributed by atoms with Gasteiger partial charge in [-0.1, -0.05) is 114 Å². The van der Waals surface area contributed by atoms with Crippen molar-refractivity contribution in [2.45, 2.75) is 107 Å². The second-order valence-electron chi connectivity index (χ2n) is 18.4. The van der Waals surface area contributed by atoms with Crippen molar-refractivity contribution >= 4 is 46.4 Å². The predicted molar refractivity (Wildman–Crippen MR) is 247 cm³/mol. The van der Waals surface area contributed by atoms with Crippen LogP contribution in [-0.4, -0.2) is 27.6 Å². The fourth-order valence-corrected chi connectivity index (χ4v) is 9.70. The molecule has 0 saturated carbocycles. The van der Waals surface area contributed by atoms with E-state index in [1.807, 2.05) is 24.3 Å². The van der Waals surface area contributed by atoms with Gasteiger partial charge in [0.05, 0.1) is 30.5 Å².